The molecular formula is C37H41F3N2O5S. The first-order valence-corrected chi connectivity index (χ1v) is 17.9. The number of aliphatic hydroxyl groups is 1. The van der Waals surface area contributed by atoms with Gasteiger partial charge in [-0.05, 0) is 72.6 Å². The van der Waals surface area contributed by atoms with Crippen molar-refractivity contribution in [2.24, 2.45) is 0 Å². The highest BCUT2D eigenvalue weighted by Gasteiger charge is 2.32. The summed E-state index contributed by atoms with van der Waals surface area (Å²) >= 11 is 0. The Kier molecular flexibility index (Phi) is 11.7. The number of hydrogen-bond donors (Lipinski definition) is 2. The molecule has 48 heavy (non-hydrogen) atoms. The van der Waals surface area contributed by atoms with Crippen LogP contribution in [-0.4, -0.2) is 50.0 Å². The van der Waals surface area contributed by atoms with E-state index in [0.29, 0.717) is 24.6 Å². The summed E-state index contributed by atoms with van der Waals surface area (Å²) < 4.78 is 77.6. The molecule has 1 saturated carbocycles. The average molecular weight is 683 g/mol. The third-order valence-corrected chi connectivity index (χ3v) is 9.11. The van der Waals surface area contributed by atoms with E-state index in [-0.39, 0.29) is 30.9 Å². The molecule has 0 amide bonds. The van der Waals surface area contributed by atoms with Crippen molar-refractivity contribution >= 4 is 15.7 Å². The number of ether oxygens (including phenoxy) is 2. The molecule has 11 heteroatoms. The Morgan fingerprint density at radius 3 is 2.08 bits per heavy atom. The first-order valence-electron chi connectivity index (χ1n) is 16.0. The predicted octanol–water partition coefficient (Wildman–Crippen LogP) is 7.62. The molecule has 0 saturated heterocycles. The summed E-state index contributed by atoms with van der Waals surface area (Å²) in [5.74, 6) is 0.904. The Balaban J connectivity index is 1.21. The number of halogens is 3. The number of hydrogen-bond acceptors (Lipinski definition) is 6. The Bertz CT molecular complexity index is 1700. The van der Waals surface area contributed by atoms with Crippen molar-refractivity contribution in [3.63, 3.8) is 0 Å². The van der Waals surface area contributed by atoms with Crippen molar-refractivity contribution < 1.29 is 36.2 Å². The van der Waals surface area contributed by atoms with Crippen LogP contribution >= 0.6 is 0 Å². The minimum Gasteiger partial charge on any atom is -0.491 e. The van der Waals surface area contributed by atoms with Gasteiger partial charge < -0.3 is 14.6 Å². The van der Waals surface area contributed by atoms with Gasteiger partial charge >= 0.3 is 6.18 Å². The third-order valence-electron chi connectivity index (χ3n) is 8.52. The van der Waals surface area contributed by atoms with Gasteiger partial charge in [-0.15, -0.1) is 0 Å². The van der Waals surface area contributed by atoms with Gasteiger partial charge in [0.1, 0.15) is 30.8 Å². The van der Waals surface area contributed by atoms with Crippen molar-refractivity contribution in [2.75, 3.05) is 24.1 Å². The number of nitrogens with zero attached hydrogens (tertiary/aromatic N) is 1. The van der Waals surface area contributed by atoms with Gasteiger partial charge in [-0.2, -0.15) is 13.2 Å². The monoisotopic (exact) mass is 682 g/mol. The van der Waals surface area contributed by atoms with Gasteiger partial charge in [-0.3, -0.25) is 9.62 Å². The molecule has 0 aliphatic heterocycles. The summed E-state index contributed by atoms with van der Waals surface area (Å²) in [7, 11) is -3.61. The molecule has 1 atom stereocenters. The van der Waals surface area contributed by atoms with E-state index in [2.05, 4.69) is 9.62 Å². The molecular weight excluding hydrogens is 641 g/mol. The molecule has 0 radical (unpaired) electrons. The number of aliphatic hydroxyl groups excluding tert-OH is 1. The van der Waals surface area contributed by atoms with Crippen LogP contribution in [0.1, 0.15) is 53.9 Å². The van der Waals surface area contributed by atoms with Gasteiger partial charge in [-0.1, -0.05) is 72.8 Å². The SMILES string of the molecule is CS(=O)(=O)Nc1cc(OC[C@@H](O)CN(Cc2ccccc2)C2CCC(c3ccc(C(F)(F)F)cc3)CC2)ccc1OCc1ccccc1. The van der Waals surface area contributed by atoms with Crippen LogP contribution in [-0.2, 0) is 29.4 Å². The van der Waals surface area contributed by atoms with E-state index >= 15 is 0 Å². The topological polar surface area (TPSA) is 88.1 Å². The summed E-state index contributed by atoms with van der Waals surface area (Å²) in [6.45, 7) is 1.21. The fraction of sp³-hybridized carbons (Fsp3) is 0.351. The second kappa shape index (κ2) is 15.9. The lowest BCUT2D eigenvalue weighted by Crippen LogP contribution is -2.43. The van der Waals surface area contributed by atoms with E-state index in [1.54, 1.807) is 30.3 Å². The quantitative estimate of drug-likeness (QED) is 0.142. The van der Waals surface area contributed by atoms with Gasteiger partial charge in [-0.25, -0.2) is 8.42 Å². The molecule has 0 spiro atoms. The number of alkyl halides is 3. The molecule has 256 valence electrons. The van der Waals surface area contributed by atoms with Crippen molar-refractivity contribution in [3.8, 4) is 11.5 Å². The maximum atomic E-state index is 13.0. The molecule has 1 aliphatic carbocycles. The minimum atomic E-state index is -4.35. The fourth-order valence-corrected chi connectivity index (χ4v) is 6.69. The second-order valence-corrected chi connectivity index (χ2v) is 14.1. The lowest BCUT2D eigenvalue weighted by atomic mass is 9.81. The second-order valence-electron chi connectivity index (χ2n) is 12.3. The zero-order chi connectivity index (χ0) is 34.1. The molecule has 4 aromatic rings. The smallest absolute Gasteiger partial charge is 0.416 e. The maximum absolute atomic E-state index is 13.0. The molecule has 0 aromatic heterocycles. The first kappa shape index (κ1) is 35.3. The fourth-order valence-electron chi connectivity index (χ4n) is 6.13. The highest BCUT2D eigenvalue weighted by molar-refractivity contribution is 7.92. The molecule has 0 heterocycles. The number of benzene rings is 4. The first-order chi connectivity index (χ1) is 22.9. The van der Waals surface area contributed by atoms with Crippen molar-refractivity contribution in [2.45, 2.75) is 63.1 Å². The normalized spacial score (nSPS) is 17.5. The molecule has 0 bridgehead atoms. The molecule has 0 unspecified atom stereocenters. The summed E-state index contributed by atoms with van der Waals surface area (Å²) in [5.41, 5.74) is 2.56. The summed E-state index contributed by atoms with van der Waals surface area (Å²) in [6.07, 6.45) is -0.779. The largest absolute Gasteiger partial charge is 0.491 e. The van der Waals surface area contributed by atoms with E-state index in [0.717, 1.165) is 60.8 Å². The third kappa shape index (κ3) is 10.5. The van der Waals surface area contributed by atoms with Gasteiger partial charge in [0.2, 0.25) is 10.0 Å². The van der Waals surface area contributed by atoms with Gasteiger partial charge in [0.05, 0.1) is 17.5 Å². The lowest BCUT2D eigenvalue weighted by molar-refractivity contribution is -0.137. The number of rotatable bonds is 14. The van der Waals surface area contributed by atoms with Crippen LogP contribution in [0.3, 0.4) is 0 Å². The van der Waals surface area contributed by atoms with E-state index in [9.17, 15) is 26.7 Å². The van der Waals surface area contributed by atoms with Crippen LogP contribution < -0.4 is 14.2 Å². The number of anilines is 1. The summed E-state index contributed by atoms with van der Waals surface area (Å²) in [4.78, 5) is 2.25. The standard InChI is InChI=1S/C37H41F3N2O5S/c1-48(44,45)41-35-22-34(20-21-36(35)47-25-28-10-6-3-7-11-28)46-26-33(43)24-42(23-27-8-4-2-5-9-27)32-18-14-30(15-19-32)29-12-16-31(17-13-29)37(38,39)40/h2-13,16-17,20-22,30,32-33,41,43H,14-15,18-19,23-26H2,1H3/t30?,32?,33-/m0/s1. The van der Waals surface area contributed by atoms with Crippen molar-refractivity contribution in [1.29, 1.82) is 0 Å². The average Bonchev–Trinajstić information content (AvgIpc) is 3.07. The zero-order valence-electron chi connectivity index (χ0n) is 26.8. The van der Waals surface area contributed by atoms with Crippen LogP contribution in [0.15, 0.2) is 103 Å². The Hall–Kier alpha value is -4.06. The molecule has 1 fully saturated rings. The molecule has 1 aliphatic rings. The van der Waals surface area contributed by atoms with Gasteiger partial charge in [0, 0.05) is 25.2 Å². The van der Waals surface area contributed by atoms with E-state index in [1.807, 2.05) is 60.7 Å². The van der Waals surface area contributed by atoms with Crippen LogP contribution in [0.5, 0.6) is 11.5 Å². The van der Waals surface area contributed by atoms with Gasteiger partial charge in [0.15, 0.2) is 0 Å². The summed E-state index contributed by atoms with van der Waals surface area (Å²) in [5, 5.41) is 11.1. The predicted molar refractivity (Wildman–Crippen MR) is 180 cm³/mol. The molecule has 5 rings (SSSR count). The highest BCUT2D eigenvalue weighted by atomic mass is 32.2. The number of sulfonamides is 1. The number of nitrogens with one attached hydrogen (secondary N) is 1. The van der Waals surface area contributed by atoms with Crippen LogP contribution in [0.4, 0.5) is 18.9 Å². The molecule has 4 aromatic carbocycles. The van der Waals surface area contributed by atoms with E-state index < -0.39 is 27.9 Å². The Morgan fingerprint density at radius 1 is 0.854 bits per heavy atom. The molecule has 7 nitrogen and oxygen atoms in total. The van der Waals surface area contributed by atoms with E-state index in [1.165, 1.54) is 0 Å². The van der Waals surface area contributed by atoms with Crippen molar-refractivity contribution in [3.05, 3.63) is 125 Å². The van der Waals surface area contributed by atoms with Crippen molar-refractivity contribution in [1.82, 2.24) is 4.90 Å². The molecule has 2 N–H and O–H groups in total. The van der Waals surface area contributed by atoms with E-state index in [4.69, 9.17) is 9.47 Å². The van der Waals surface area contributed by atoms with Crippen LogP contribution in [0, 0.1) is 0 Å². The van der Waals surface area contributed by atoms with Gasteiger partial charge in [0.25, 0.3) is 0 Å². The Morgan fingerprint density at radius 2 is 1.48 bits per heavy atom. The zero-order valence-corrected chi connectivity index (χ0v) is 27.6. The summed E-state index contributed by atoms with van der Waals surface area (Å²) in [6, 6.07) is 30.0. The maximum Gasteiger partial charge on any atom is 0.416 e. The Labute approximate surface area is 280 Å². The van der Waals surface area contributed by atoms with Crippen LogP contribution in [0.25, 0.3) is 0 Å². The van der Waals surface area contributed by atoms with Crippen LogP contribution in [0.2, 0.25) is 0 Å². The minimum absolute atomic E-state index is 0.0191. The highest BCUT2D eigenvalue weighted by Crippen LogP contribution is 2.37. The lowest BCUT2D eigenvalue weighted by Gasteiger charge is -2.38.